The Balaban J connectivity index is 1.52. The van der Waals surface area contributed by atoms with Crippen LogP contribution in [0.15, 0.2) is 44.2 Å². The Morgan fingerprint density at radius 2 is 0.904 bits per heavy atom. The van der Waals surface area contributed by atoms with Gasteiger partial charge in [-0.3, -0.25) is 37.9 Å². The molecule has 2 saturated heterocycles. The summed E-state index contributed by atoms with van der Waals surface area (Å²) in [6, 6.07) is 2.87. The minimum atomic E-state index is -1.31. The van der Waals surface area contributed by atoms with Crippen molar-refractivity contribution in [2.24, 2.45) is 0 Å². The third-order valence-electron chi connectivity index (χ3n) is 7.05. The molecule has 4 rings (SSSR count). The highest BCUT2D eigenvalue weighted by Crippen LogP contribution is 2.37. The van der Waals surface area contributed by atoms with Crippen LogP contribution >= 0.6 is 21.6 Å². The summed E-state index contributed by atoms with van der Waals surface area (Å²) >= 11 is 0. The van der Waals surface area contributed by atoms with Crippen molar-refractivity contribution in [1.29, 1.82) is 0 Å². The molecular weight excluding hydrogens is 736 g/mol. The zero-order valence-corrected chi connectivity index (χ0v) is 30.1. The van der Waals surface area contributed by atoms with Crippen molar-refractivity contribution in [1.82, 2.24) is 19.1 Å². The molecule has 2 aliphatic rings. The number of carbonyl (C=O) groups excluding carboxylic acids is 6. The van der Waals surface area contributed by atoms with E-state index in [2.05, 4.69) is 9.97 Å². The first-order valence-electron chi connectivity index (χ1n) is 15.3. The Hall–Kier alpha value is -4.80. The molecular formula is C30H34N4O16S2. The van der Waals surface area contributed by atoms with Crippen LogP contribution in [0, 0.1) is 0 Å². The molecule has 52 heavy (non-hydrogen) atoms. The molecule has 2 aromatic heterocycles. The Morgan fingerprint density at radius 3 is 1.19 bits per heavy atom. The third kappa shape index (κ3) is 10.4. The van der Waals surface area contributed by atoms with Crippen molar-refractivity contribution in [3.05, 3.63) is 45.5 Å². The first-order valence-corrected chi connectivity index (χ1v) is 17.5. The summed E-state index contributed by atoms with van der Waals surface area (Å²) in [6.45, 7) is 6.09. The van der Waals surface area contributed by atoms with Gasteiger partial charge in [0.2, 0.25) is 0 Å². The maximum Gasteiger partial charge on any atom is 0.350 e. The standard InChI is InChI=1S/C30H34N4O16S2/c1-13(35)43-11-19-23(45-15(3)37)25(47-17(5)39)27(49-19)33-9-7-21(31-29(33)41)51-52-22-8-10-34(30(42)32-22)28-26(48-18(6)40)24(46-16(4)38)20(50-28)12-44-14(2)36/h7-10,19-20,23-28H,11-12H2,1-6H3/t19-,20-,23-,24-,25-,26-,27-,28-/m1/s1. The molecule has 20 nitrogen and oxygen atoms in total. The molecule has 0 bridgehead atoms. The van der Waals surface area contributed by atoms with Gasteiger partial charge in [-0.1, -0.05) is 0 Å². The van der Waals surface area contributed by atoms with Gasteiger partial charge in [-0.15, -0.1) is 0 Å². The topological polar surface area (TPSA) is 246 Å². The molecule has 282 valence electrons. The van der Waals surface area contributed by atoms with Crippen LogP contribution < -0.4 is 11.4 Å². The number of ether oxygens (including phenoxy) is 8. The summed E-state index contributed by atoms with van der Waals surface area (Å²) in [5.41, 5.74) is -1.68. The molecule has 0 unspecified atom stereocenters. The van der Waals surface area contributed by atoms with Crippen molar-refractivity contribution in [2.75, 3.05) is 13.2 Å². The van der Waals surface area contributed by atoms with E-state index in [4.69, 9.17) is 37.9 Å². The van der Waals surface area contributed by atoms with Gasteiger partial charge >= 0.3 is 47.2 Å². The molecule has 8 atom stereocenters. The van der Waals surface area contributed by atoms with Crippen LogP contribution in [0.3, 0.4) is 0 Å². The van der Waals surface area contributed by atoms with Gasteiger partial charge in [-0.25, -0.2) is 9.59 Å². The SMILES string of the molecule is CC(=O)OC[C@H]1O[C@@H](n2ccc(SSc3ccn([C@@H]4O[C@H](COC(C)=O)[C@@H](OC(C)=O)[C@H]4OC(C)=O)c(=O)n3)nc2=O)[C@H](OC(C)=O)[C@@H]1OC(C)=O. The Bertz CT molecular complexity index is 1690. The second-order valence-corrected chi connectivity index (χ2v) is 13.3. The normalized spacial score (nSPS) is 25.1. The van der Waals surface area contributed by atoms with E-state index < -0.39 is 96.3 Å². The zero-order valence-electron chi connectivity index (χ0n) is 28.5. The van der Waals surface area contributed by atoms with Crippen molar-refractivity contribution >= 4 is 57.4 Å². The number of nitrogens with zero attached hydrogens (tertiary/aromatic N) is 4. The molecule has 0 saturated carbocycles. The van der Waals surface area contributed by atoms with Crippen molar-refractivity contribution in [3.63, 3.8) is 0 Å². The maximum absolute atomic E-state index is 13.2. The summed E-state index contributed by atoms with van der Waals surface area (Å²) in [4.78, 5) is 105. The van der Waals surface area contributed by atoms with Crippen LogP contribution in [0.25, 0.3) is 0 Å². The lowest BCUT2D eigenvalue weighted by Gasteiger charge is -2.24. The fourth-order valence-corrected chi connectivity index (χ4v) is 6.90. The van der Waals surface area contributed by atoms with Crippen molar-refractivity contribution < 1.29 is 66.7 Å². The minimum Gasteiger partial charge on any atom is -0.463 e. The van der Waals surface area contributed by atoms with Gasteiger partial charge in [0.1, 0.15) is 35.5 Å². The number of hydrogen-bond acceptors (Lipinski definition) is 20. The van der Waals surface area contributed by atoms with E-state index in [-0.39, 0.29) is 23.3 Å². The zero-order chi connectivity index (χ0) is 38.3. The Kier molecular flexibility index (Phi) is 13.5. The van der Waals surface area contributed by atoms with Crippen LogP contribution in [0.1, 0.15) is 54.0 Å². The predicted octanol–water partition coefficient (Wildman–Crippen LogP) is 0.247. The smallest absolute Gasteiger partial charge is 0.350 e. The maximum atomic E-state index is 13.2. The number of esters is 6. The summed E-state index contributed by atoms with van der Waals surface area (Å²) in [7, 11) is 1.93. The van der Waals surface area contributed by atoms with Gasteiger partial charge in [-0.2, -0.15) is 9.97 Å². The van der Waals surface area contributed by atoms with E-state index in [0.29, 0.717) is 0 Å². The lowest BCUT2D eigenvalue weighted by atomic mass is 10.1. The van der Waals surface area contributed by atoms with Crippen LogP contribution in [-0.2, 0) is 66.7 Å². The molecule has 2 aliphatic heterocycles. The quantitative estimate of drug-likeness (QED) is 0.115. The van der Waals surface area contributed by atoms with Crippen LogP contribution in [0.2, 0.25) is 0 Å². The molecule has 0 N–H and O–H groups in total. The van der Waals surface area contributed by atoms with E-state index in [1.165, 1.54) is 24.5 Å². The van der Waals surface area contributed by atoms with Crippen LogP contribution in [0.4, 0.5) is 0 Å². The lowest BCUT2D eigenvalue weighted by molar-refractivity contribution is -0.166. The summed E-state index contributed by atoms with van der Waals surface area (Å²) < 4.78 is 45.1. The number of hydrogen-bond donors (Lipinski definition) is 0. The first-order chi connectivity index (χ1) is 24.5. The average molecular weight is 771 g/mol. The molecule has 2 aromatic rings. The largest absolute Gasteiger partial charge is 0.463 e. The van der Waals surface area contributed by atoms with Gasteiger partial charge in [0.15, 0.2) is 36.9 Å². The van der Waals surface area contributed by atoms with Gasteiger partial charge in [0.05, 0.1) is 0 Å². The second-order valence-electron chi connectivity index (χ2n) is 11.1. The van der Waals surface area contributed by atoms with Crippen LogP contribution in [0.5, 0.6) is 0 Å². The summed E-state index contributed by atoms with van der Waals surface area (Å²) in [6.07, 6.45) is -7.20. The predicted molar refractivity (Wildman–Crippen MR) is 172 cm³/mol. The molecule has 0 amide bonds. The summed E-state index contributed by atoms with van der Waals surface area (Å²) in [5.74, 6) is -4.25. The fraction of sp³-hybridized carbons (Fsp3) is 0.533. The van der Waals surface area contributed by atoms with Gasteiger partial charge in [0, 0.05) is 53.9 Å². The Morgan fingerprint density at radius 1 is 0.577 bits per heavy atom. The monoisotopic (exact) mass is 770 g/mol. The number of carbonyl (C=O) groups is 6. The fourth-order valence-electron chi connectivity index (χ4n) is 5.19. The van der Waals surface area contributed by atoms with Crippen molar-refractivity contribution in [2.45, 2.75) is 101 Å². The summed E-state index contributed by atoms with van der Waals surface area (Å²) in [5, 5.41) is 0.359. The molecule has 0 aromatic carbocycles. The molecule has 0 spiro atoms. The number of rotatable bonds is 13. The molecule has 22 heteroatoms. The van der Waals surface area contributed by atoms with Gasteiger partial charge in [-0.05, 0) is 33.7 Å². The molecule has 0 radical (unpaired) electrons. The van der Waals surface area contributed by atoms with Crippen LogP contribution in [-0.4, -0.2) is 105 Å². The molecule has 4 heterocycles. The van der Waals surface area contributed by atoms with E-state index >= 15 is 0 Å². The van der Waals surface area contributed by atoms with E-state index in [1.807, 2.05) is 0 Å². The highest BCUT2D eigenvalue weighted by molar-refractivity contribution is 8.76. The molecule has 0 aliphatic carbocycles. The average Bonchev–Trinajstić information content (AvgIpc) is 3.53. The minimum absolute atomic E-state index is 0.179. The number of aromatic nitrogens is 4. The third-order valence-corrected chi connectivity index (χ3v) is 9.20. The van der Waals surface area contributed by atoms with Gasteiger partial charge < -0.3 is 37.9 Å². The molecule has 2 fully saturated rings. The highest BCUT2D eigenvalue weighted by Gasteiger charge is 2.52. The second kappa shape index (κ2) is 17.6. The first kappa shape index (κ1) is 40.0. The Labute approximate surface area is 302 Å². The highest BCUT2D eigenvalue weighted by atomic mass is 33.1. The van der Waals surface area contributed by atoms with E-state index in [0.717, 1.165) is 72.3 Å². The van der Waals surface area contributed by atoms with E-state index in [9.17, 15) is 38.4 Å². The van der Waals surface area contributed by atoms with E-state index in [1.54, 1.807) is 0 Å². The lowest BCUT2D eigenvalue weighted by Crippen LogP contribution is -2.41. The van der Waals surface area contributed by atoms with Gasteiger partial charge in [0.25, 0.3) is 0 Å². The van der Waals surface area contributed by atoms with Crippen molar-refractivity contribution in [3.8, 4) is 0 Å².